The van der Waals surface area contributed by atoms with Crippen LogP contribution in [-0.4, -0.2) is 6.94 Å². The van der Waals surface area contributed by atoms with Crippen LogP contribution in [-0.2, 0) is 17.1 Å². The van der Waals surface area contributed by atoms with Gasteiger partial charge in [0.1, 0.15) is 0 Å². The number of benzene rings is 4. The molecule has 0 saturated carbocycles. The van der Waals surface area contributed by atoms with Crippen LogP contribution in [0, 0.1) is 11.8 Å². The maximum absolute atomic E-state index is 3.81. The SMILES string of the molecule is CC(C)C1=Cc2c(-c3ccccc3)cccc2[CH]1[Hf]([CH3])([CH3])(=[SiH2])[CH]1C(C(C)C)=Cc2c(-c3ccccc3)cccc21. The average molecular weight is 705 g/mol. The van der Waals surface area contributed by atoms with Crippen molar-refractivity contribution < 1.29 is 17.1 Å². The van der Waals surface area contributed by atoms with E-state index in [2.05, 4.69) is 153 Å². The standard InChI is InChI=1S/2C18H17.2CH3.Hf.H2Si/c2*1-13(2)16-11-15-9-6-10-17(18(15)12-16)14-7-4-3-5-8-14;;;;/h2*3-13H,1-2H3;2*1H3;;1H2. The van der Waals surface area contributed by atoms with Gasteiger partial charge in [0, 0.05) is 0 Å². The average Bonchev–Trinajstić information content (AvgIpc) is 3.55. The zero-order valence-corrected chi connectivity index (χ0v) is 29.9. The van der Waals surface area contributed by atoms with Crippen molar-refractivity contribution in [2.24, 2.45) is 11.8 Å². The van der Waals surface area contributed by atoms with Gasteiger partial charge in [-0.05, 0) is 0 Å². The molecular weight excluding hydrogens is 663 g/mol. The van der Waals surface area contributed by atoms with Gasteiger partial charge in [-0.1, -0.05) is 0 Å². The molecule has 0 aromatic heterocycles. The summed E-state index contributed by atoms with van der Waals surface area (Å²) in [5.41, 5.74) is 14.8. The quantitative estimate of drug-likeness (QED) is 0.175. The minimum absolute atomic E-state index is 0.518. The molecule has 0 nitrogen and oxygen atoms in total. The fourth-order valence-corrected chi connectivity index (χ4v) is 36.5. The Morgan fingerprint density at radius 2 is 0.900 bits per heavy atom. The number of allylic oxidation sites excluding steroid dienone is 2. The van der Waals surface area contributed by atoms with Crippen LogP contribution in [0.1, 0.15) is 57.3 Å². The number of hydrogen-bond acceptors (Lipinski definition) is 0. The van der Waals surface area contributed by atoms with E-state index >= 15 is 0 Å². The van der Waals surface area contributed by atoms with Crippen LogP contribution in [0.5, 0.6) is 0 Å². The second-order valence-electron chi connectivity index (χ2n) is 13.7. The van der Waals surface area contributed by atoms with E-state index < -0.39 is 17.1 Å². The monoisotopic (exact) mass is 706 g/mol. The minimum atomic E-state index is -3.81. The molecule has 0 fully saturated rings. The normalized spacial score (nSPS) is 18.5. The molecule has 0 amide bonds. The van der Waals surface area contributed by atoms with Crippen LogP contribution in [0.3, 0.4) is 0 Å². The van der Waals surface area contributed by atoms with Crippen molar-refractivity contribution in [2.45, 2.75) is 44.4 Å². The van der Waals surface area contributed by atoms with Gasteiger partial charge in [0.2, 0.25) is 0 Å². The predicted octanol–water partition coefficient (Wildman–Crippen LogP) is 10.2. The van der Waals surface area contributed by atoms with Gasteiger partial charge in [0.25, 0.3) is 0 Å². The van der Waals surface area contributed by atoms with E-state index in [9.17, 15) is 0 Å². The summed E-state index contributed by atoms with van der Waals surface area (Å²) in [6.07, 6.45) is 5.19. The zero-order chi connectivity index (χ0) is 28.3. The van der Waals surface area contributed by atoms with Crippen molar-refractivity contribution in [3.05, 3.63) is 130 Å². The first-order chi connectivity index (χ1) is 19.1. The van der Waals surface area contributed by atoms with Gasteiger partial charge in [0.05, 0.1) is 0 Å². The molecule has 2 heteroatoms. The Balaban J connectivity index is 1.58. The molecule has 4 aromatic carbocycles. The van der Waals surface area contributed by atoms with Gasteiger partial charge in [-0.2, -0.15) is 0 Å². The summed E-state index contributed by atoms with van der Waals surface area (Å²) >= 11 is -3.81. The third-order valence-corrected chi connectivity index (χ3v) is 34.5. The fourth-order valence-electron chi connectivity index (χ4n) is 7.87. The van der Waals surface area contributed by atoms with Gasteiger partial charge in [0.15, 0.2) is 0 Å². The van der Waals surface area contributed by atoms with E-state index in [0.717, 1.165) is 0 Å². The number of hydrogen-bond donors (Lipinski definition) is 0. The van der Waals surface area contributed by atoms with Crippen LogP contribution in [0.4, 0.5) is 0 Å². The first-order valence-corrected chi connectivity index (χ1v) is 34.6. The Morgan fingerprint density at radius 1 is 0.525 bits per heavy atom. The molecule has 2 aliphatic rings. The van der Waals surface area contributed by atoms with Gasteiger partial charge >= 0.3 is 245 Å². The van der Waals surface area contributed by atoms with Gasteiger partial charge in [-0.25, -0.2) is 0 Å². The molecule has 0 spiro atoms. The molecular formula is C38H42HfSi. The van der Waals surface area contributed by atoms with Crippen molar-refractivity contribution in [2.75, 3.05) is 0 Å². The Labute approximate surface area is 243 Å². The topological polar surface area (TPSA) is 0 Å². The number of fused-ring (bicyclic) bond motifs is 2. The molecule has 2 atom stereocenters. The summed E-state index contributed by atoms with van der Waals surface area (Å²) in [6.45, 7) is 12.1. The van der Waals surface area contributed by atoms with Crippen molar-refractivity contribution in [3.8, 4) is 22.3 Å². The van der Waals surface area contributed by atoms with E-state index in [-0.39, 0.29) is 0 Å². The molecule has 0 N–H and O–H groups in total. The summed E-state index contributed by atoms with van der Waals surface area (Å²) in [7, 11) is 0. The summed E-state index contributed by atoms with van der Waals surface area (Å²) in [6, 6.07) is 36.2. The molecule has 0 bridgehead atoms. The first-order valence-electron chi connectivity index (χ1n) is 14.9. The van der Waals surface area contributed by atoms with Crippen LogP contribution in [0.2, 0.25) is 9.36 Å². The number of rotatable bonds is 6. The third-order valence-electron chi connectivity index (χ3n) is 9.59. The summed E-state index contributed by atoms with van der Waals surface area (Å²) in [5, 5.41) is 0. The molecule has 0 heterocycles. The Morgan fingerprint density at radius 3 is 1.25 bits per heavy atom. The first kappa shape index (κ1) is 27.6. The van der Waals surface area contributed by atoms with Crippen molar-refractivity contribution in [3.63, 3.8) is 0 Å². The van der Waals surface area contributed by atoms with Crippen molar-refractivity contribution >= 4 is 19.1 Å². The van der Waals surface area contributed by atoms with Gasteiger partial charge in [-0.15, -0.1) is 0 Å². The zero-order valence-electron chi connectivity index (χ0n) is 24.9. The van der Waals surface area contributed by atoms with E-state index in [1.807, 2.05) is 0 Å². The van der Waals surface area contributed by atoms with Crippen LogP contribution < -0.4 is 0 Å². The molecule has 2 aliphatic carbocycles. The molecule has 2 unspecified atom stereocenters. The van der Waals surface area contributed by atoms with Crippen molar-refractivity contribution in [1.82, 2.24) is 0 Å². The second kappa shape index (κ2) is 10.1. The van der Waals surface area contributed by atoms with E-state index in [1.165, 1.54) is 33.4 Å². The maximum atomic E-state index is 2.78. The summed E-state index contributed by atoms with van der Waals surface area (Å²) in [4.78, 5) is 0. The molecule has 0 aliphatic heterocycles. The van der Waals surface area contributed by atoms with Crippen molar-refractivity contribution in [1.29, 1.82) is 0 Å². The van der Waals surface area contributed by atoms with Crippen LogP contribution >= 0.6 is 0 Å². The molecule has 0 saturated heterocycles. The van der Waals surface area contributed by atoms with E-state index in [1.54, 1.807) is 22.3 Å². The van der Waals surface area contributed by atoms with Crippen LogP contribution in [0.25, 0.3) is 34.4 Å². The Bertz CT molecular complexity index is 1590. The molecule has 4 aromatic rings. The summed E-state index contributed by atoms with van der Waals surface area (Å²) in [5.74, 6) is 1.04. The Kier molecular flexibility index (Phi) is 6.95. The van der Waals surface area contributed by atoms with Gasteiger partial charge < -0.3 is 0 Å². The third kappa shape index (κ3) is 4.43. The summed E-state index contributed by atoms with van der Waals surface area (Å²) < 4.78 is 6.64. The van der Waals surface area contributed by atoms with E-state index in [4.69, 9.17) is 0 Å². The molecule has 0 radical (unpaired) electrons. The molecule has 40 heavy (non-hydrogen) atoms. The van der Waals surface area contributed by atoms with E-state index in [0.29, 0.717) is 19.2 Å². The predicted molar refractivity (Wildman–Crippen MR) is 175 cm³/mol. The van der Waals surface area contributed by atoms with Crippen LogP contribution in [0.15, 0.2) is 108 Å². The fraction of sp³-hybridized carbons (Fsp3) is 0.263. The molecule has 202 valence electrons. The van der Waals surface area contributed by atoms with Gasteiger partial charge in [-0.3, -0.25) is 0 Å². The Hall–Kier alpha value is -2.55. The second-order valence-corrected chi connectivity index (χ2v) is 57.3. The molecule has 6 rings (SSSR count).